The maximum Gasteiger partial charge on any atom is 0.325 e. The molecule has 188 valence electrons. The van der Waals surface area contributed by atoms with Crippen molar-refractivity contribution in [3.63, 3.8) is 0 Å². The number of carboxylic acid groups (broad SMARTS) is 2. The van der Waals surface area contributed by atoms with E-state index in [0.717, 1.165) is 0 Å². The first-order valence-corrected chi connectivity index (χ1v) is 10.7. The summed E-state index contributed by atoms with van der Waals surface area (Å²) in [5.74, 6) is -5.13. The number of rotatable bonds is 13. The molecule has 4 atom stereocenters. The highest BCUT2D eigenvalue weighted by atomic mass is 16.4. The van der Waals surface area contributed by atoms with E-state index < -0.39 is 60.2 Å². The maximum atomic E-state index is 12.9. The molecule has 3 amide bonds. The van der Waals surface area contributed by atoms with Crippen LogP contribution in [-0.4, -0.2) is 74.0 Å². The van der Waals surface area contributed by atoms with Crippen molar-refractivity contribution in [2.45, 2.75) is 50.4 Å². The second-order valence-corrected chi connectivity index (χ2v) is 7.87. The molecule has 2 rings (SSSR count). The topological polar surface area (TPSA) is 217 Å². The lowest BCUT2D eigenvalue weighted by Crippen LogP contribution is -2.58. The number of hydrogen-bond acceptors (Lipinski definition) is 7. The van der Waals surface area contributed by atoms with E-state index in [1.165, 1.54) is 19.4 Å². The van der Waals surface area contributed by atoms with Gasteiger partial charge in [-0.15, -0.1) is 0 Å². The van der Waals surface area contributed by atoms with Crippen LogP contribution in [0.1, 0.15) is 24.6 Å². The van der Waals surface area contributed by atoms with E-state index >= 15 is 0 Å². The lowest BCUT2D eigenvalue weighted by Gasteiger charge is -2.24. The molecule has 0 fully saturated rings. The summed E-state index contributed by atoms with van der Waals surface area (Å²) in [4.78, 5) is 67.2. The van der Waals surface area contributed by atoms with Crippen molar-refractivity contribution in [3.05, 3.63) is 54.1 Å². The second kappa shape index (κ2) is 12.8. The van der Waals surface area contributed by atoms with Crippen LogP contribution < -0.4 is 21.7 Å². The molecular formula is C22H28N6O7. The first-order chi connectivity index (χ1) is 16.6. The zero-order valence-corrected chi connectivity index (χ0v) is 18.9. The predicted molar refractivity (Wildman–Crippen MR) is 122 cm³/mol. The number of benzene rings is 1. The molecule has 8 N–H and O–H groups in total. The van der Waals surface area contributed by atoms with E-state index in [-0.39, 0.29) is 12.8 Å². The molecule has 13 nitrogen and oxygen atoms in total. The zero-order chi connectivity index (χ0) is 26.0. The number of amides is 3. The summed E-state index contributed by atoms with van der Waals surface area (Å²) in [6.07, 6.45) is 2.18. The molecule has 0 aliphatic rings. The minimum atomic E-state index is -1.53. The number of aliphatic carboxylic acids is 2. The Balaban J connectivity index is 2.15. The van der Waals surface area contributed by atoms with Gasteiger partial charge < -0.3 is 36.9 Å². The Bertz CT molecular complexity index is 1030. The van der Waals surface area contributed by atoms with Gasteiger partial charge in [-0.05, 0) is 12.5 Å². The first-order valence-electron chi connectivity index (χ1n) is 10.7. The Morgan fingerprint density at radius 1 is 0.943 bits per heavy atom. The smallest absolute Gasteiger partial charge is 0.325 e. The van der Waals surface area contributed by atoms with Crippen LogP contribution in [0.15, 0.2) is 42.9 Å². The highest BCUT2D eigenvalue weighted by Crippen LogP contribution is 2.06. The van der Waals surface area contributed by atoms with Crippen LogP contribution >= 0.6 is 0 Å². The number of carbonyl (C=O) groups is 5. The van der Waals surface area contributed by atoms with Crippen molar-refractivity contribution >= 4 is 29.7 Å². The standard InChI is InChI=1S/C22H28N6O7/c1-12(22(34)35)26-20(32)16(7-13-5-3-2-4-6-13)28-21(33)17(9-18(29)30)27-19(31)15(23)8-14-10-24-11-25-14/h2-6,10-12,15-17H,7-9,23H2,1H3,(H,24,25)(H,26,32)(H,27,31)(H,28,33)(H,29,30)(H,34,35). The quantitative estimate of drug-likeness (QED) is 0.175. The third-order valence-corrected chi connectivity index (χ3v) is 4.99. The molecule has 13 heteroatoms. The van der Waals surface area contributed by atoms with Crippen molar-refractivity contribution < 1.29 is 34.2 Å². The van der Waals surface area contributed by atoms with E-state index in [2.05, 4.69) is 25.9 Å². The summed E-state index contributed by atoms with van der Waals surface area (Å²) < 4.78 is 0. The third kappa shape index (κ3) is 8.89. The van der Waals surface area contributed by atoms with E-state index in [0.29, 0.717) is 11.3 Å². The molecular weight excluding hydrogens is 460 g/mol. The fourth-order valence-corrected chi connectivity index (χ4v) is 3.10. The van der Waals surface area contributed by atoms with Crippen molar-refractivity contribution in [3.8, 4) is 0 Å². The van der Waals surface area contributed by atoms with Gasteiger partial charge in [-0.3, -0.25) is 24.0 Å². The fraction of sp³-hybridized carbons (Fsp3) is 0.364. The van der Waals surface area contributed by atoms with Crippen LogP contribution in [0.3, 0.4) is 0 Å². The number of aromatic nitrogens is 2. The first kappa shape index (κ1) is 27.0. The predicted octanol–water partition coefficient (Wildman–Crippen LogP) is -1.44. The Morgan fingerprint density at radius 3 is 2.14 bits per heavy atom. The van der Waals surface area contributed by atoms with Gasteiger partial charge in [0, 0.05) is 24.7 Å². The molecule has 1 heterocycles. The van der Waals surface area contributed by atoms with E-state index in [1.54, 1.807) is 30.3 Å². The molecule has 0 bridgehead atoms. The number of nitrogens with one attached hydrogen (secondary N) is 4. The van der Waals surface area contributed by atoms with Crippen molar-refractivity contribution in [1.29, 1.82) is 0 Å². The molecule has 1 aromatic carbocycles. The molecule has 0 aliphatic carbocycles. The number of H-pyrrole nitrogens is 1. The van der Waals surface area contributed by atoms with Gasteiger partial charge in [-0.1, -0.05) is 30.3 Å². The van der Waals surface area contributed by atoms with Gasteiger partial charge in [0.1, 0.15) is 18.1 Å². The highest BCUT2D eigenvalue weighted by Gasteiger charge is 2.31. The Morgan fingerprint density at radius 2 is 1.57 bits per heavy atom. The van der Waals surface area contributed by atoms with Gasteiger partial charge in [-0.2, -0.15) is 0 Å². The summed E-state index contributed by atoms with van der Waals surface area (Å²) >= 11 is 0. The molecule has 0 spiro atoms. The average molecular weight is 489 g/mol. The minimum absolute atomic E-state index is 0.00215. The second-order valence-electron chi connectivity index (χ2n) is 7.87. The Labute approximate surface area is 200 Å². The van der Waals surface area contributed by atoms with Crippen LogP contribution in [0, 0.1) is 0 Å². The maximum absolute atomic E-state index is 12.9. The molecule has 1 aromatic heterocycles. The number of carbonyl (C=O) groups excluding carboxylic acids is 3. The number of aromatic amines is 1. The Kier molecular flexibility index (Phi) is 9.90. The van der Waals surface area contributed by atoms with E-state index in [4.69, 9.17) is 10.8 Å². The Hall–Kier alpha value is -4.26. The number of carboxylic acids is 2. The van der Waals surface area contributed by atoms with Gasteiger partial charge in [0.2, 0.25) is 17.7 Å². The molecule has 2 aromatic rings. The van der Waals surface area contributed by atoms with Crippen LogP contribution in [0.5, 0.6) is 0 Å². The summed E-state index contributed by atoms with van der Waals surface area (Å²) in [6, 6.07) is 3.52. The summed E-state index contributed by atoms with van der Waals surface area (Å²) in [7, 11) is 0. The summed E-state index contributed by atoms with van der Waals surface area (Å²) in [5, 5.41) is 25.3. The molecule has 0 saturated heterocycles. The zero-order valence-electron chi connectivity index (χ0n) is 18.9. The van der Waals surface area contributed by atoms with Crippen molar-refractivity contribution in [1.82, 2.24) is 25.9 Å². The number of hydrogen-bond donors (Lipinski definition) is 7. The number of imidazole rings is 1. The monoisotopic (exact) mass is 488 g/mol. The SMILES string of the molecule is CC(NC(=O)C(Cc1ccccc1)NC(=O)C(CC(=O)O)NC(=O)C(N)Cc1cnc[nH]1)C(=O)O. The van der Waals surface area contributed by atoms with Crippen molar-refractivity contribution in [2.24, 2.45) is 5.73 Å². The van der Waals surface area contributed by atoms with Crippen LogP contribution in [0.2, 0.25) is 0 Å². The summed E-state index contributed by atoms with van der Waals surface area (Å²) in [6.45, 7) is 1.26. The number of nitrogens with two attached hydrogens (primary N) is 1. The largest absolute Gasteiger partial charge is 0.481 e. The lowest BCUT2D eigenvalue weighted by atomic mass is 10.0. The third-order valence-electron chi connectivity index (χ3n) is 4.99. The normalized spacial score (nSPS) is 14.1. The summed E-state index contributed by atoms with van der Waals surface area (Å²) in [5.41, 5.74) is 7.10. The van der Waals surface area contributed by atoms with Gasteiger partial charge in [0.25, 0.3) is 0 Å². The van der Waals surface area contributed by atoms with Gasteiger partial charge in [-0.25, -0.2) is 4.98 Å². The van der Waals surface area contributed by atoms with Gasteiger partial charge in [0.05, 0.1) is 18.8 Å². The van der Waals surface area contributed by atoms with E-state index in [9.17, 15) is 29.1 Å². The molecule has 0 aliphatic heterocycles. The highest BCUT2D eigenvalue weighted by molar-refractivity contribution is 5.95. The lowest BCUT2D eigenvalue weighted by molar-refractivity contribution is -0.143. The van der Waals surface area contributed by atoms with E-state index in [1.807, 2.05) is 0 Å². The number of nitrogens with zero attached hydrogens (tertiary/aromatic N) is 1. The average Bonchev–Trinajstić information content (AvgIpc) is 3.31. The molecule has 4 unspecified atom stereocenters. The van der Waals surface area contributed by atoms with Crippen LogP contribution in [-0.2, 0) is 36.8 Å². The van der Waals surface area contributed by atoms with Crippen LogP contribution in [0.25, 0.3) is 0 Å². The molecule has 0 saturated carbocycles. The van der Waals surface area contributed by atoms with Gasteiger partial charge in [0.15, 0.2) is 0 Å². The van der Waals surface area contributed by atoms with Crippen molar-refractivity contribution in [2.75, 3.05) is 0 Å². The van der Waals surface area contributed by atoms with Gasteiger partial charge >= 0.3 is 11.9 Å². The fourth-order valence-electron chi connectivity index (χ4n) is 3.10. The minimum Gasteiger partial charge on any atom is -0.481 e. The van der Waals surface area contributed by atoms with Crippen LogP contribution in [0.4, 0.5) is 0 Å². The molecule has 0 radical (unpaired) electrons. The molecule has 35 heavy (non-hydrogen) atoms.